The van der Waals surface area contributed by atoms with Crippen LogP contribution in [0.4, 0.5) is 18.9 Å². The van der Waals surface area contributed by atoms with Crippen molar-refractivity contribution in [3.8, 4) is 5.75 Å². The summed E-state index contributed by atoms with van der Waals surface area (Å²) in [6.45, 7) is 1.79. The number of hydrogen-bond donors (Lipinski definition) is 3. The maximum absolute atomic E-state index is 13.5. The smallest absolute Gasteiger partial charge is 0.416 e. The Morgan fingerprint density at radius 2 is 1.88 bits per heavy atom. The maximum atomic E-state index is 13.5. The largest absolute Gasteiger partial charge is 0.489 e. The van der Waals surface area contributed by atoms with Crippen LogP contribution in [-0.2, 0) is 21.0 Å². The Kier molecular flexibility index (Phi) is 9.94. The summed E-state index contributed by atoms with van der Waals surface area (Å²) in [5.74, 6) is -1.15. The first-order chi connectivity index (χ1) is 20.2. The first kappa shape index (κ1) is 32.6. The predicted molar refractivity (Wildman–Crippen MR) is 159 cm³/mol. The van der Waals surface area contributed by atoms with Gasteiger partial charge in [-0.05, 0) is 67.1 Å². The second-order valence-electron chi connectivity index (χ2n) is 9.81. The number of sulfonamides is 1. The van der Waals surface area contributed by atoms with Gasteiger partial charge in [0.05, 0.1) is 35.2 Å². The molecule has 1 unspecified atom stereocenters. The number of anilines is 1. The molecule has 0 spiro atoms. The van der Waals surface area contributed by atoms with Crippen LogP contribution in [0.5, 0.6) is 5.75 Å². The van der Waals surface area contributed by atoms with E-state index in [1.54, 1.807) is 19.1 Å². The first-order valence-electron chi connectivity index (χ1n) is 12.9. The molecule has 15 heteroatoms. The topological polar surface area (TPSA) is 131 Å². The normalized spacial score (nSPS) is 14.7. The van der Waals surface area contributed by atoms with E-state index < -0.39 is 46.0 Å². The highest BCUT2D eigenvalue weighted by atomic mass is 79.9. The molecule has 0 aromatic heterocycles. The number of fused-ring (bicyclic) bond motifs is 1. The number of alkyl halides is 3. The molecule has 3 aromatic rings. The molecule has 0 radical (unpaired) electrons. The van der Waals surface area contributed by atoms with Crippen LogP contribution in [0.2, 0.25) is 5.02 Å². The molecule has 1 heterocycles. The molecule has 0 fully saturated rings. The van der Waals surface area contributed by atoms with Crippen LogP contribution in [0, 0.1) is 0 Å². The molecule has 1 aliphatic heterocycles. The predicted octanol–water partition coefficient (Wildman–Crippen LogP) is 5.03. The summed E-state index contributed by atoms with van der Waals surface area (Å²) in [6.07, 6.45) is -5.15. The monoisotopic (exact) mass is 702 g/mol. The molecule has 0 bridgehead atoms. The van der Waals surface area contributed by atoms with Gasteiger partial charge in [-0.3, -0.25) is 13.9 Å². The average molecular weight is 704 g/mol. The number of nitrogens with one attached hydrogen (secondary N) is 2. The summed E-state index contributed by atoms with van der Waals surface area (Å²) in [4.78, 5) is 26.2. The van der Waals surface area contributed by atoms with Crippen molar-refractivity contribution >= 4 is 55.1 Å². The summed E-state index contributed by atoms with van der Waals surface area (Å²) in [5, 5.41) is 5.06. The van der Waals surface area contributed by atoms with E-state index in [4.69, 9.17) is 22.1 Å². The Labute approximate surface area is 259 Å². The van der Waals surface area contributed by atoms with Crippen molar-refractivity contribution in [1.82, 2.24) is 10.6 Å². The van der Waals surface area contributed by atoms with Crippen LogP contribution in [0.25, 0.3) is 0 Å². The van der Waals surface area contributed by atoms with Gasteiger partial charge in [0.15, 0.2) is 0 Å². The second kappa shape index (κ2) is 13.1. The van der Waals surface area contributed by atoms with Crippen molar-refractivity contribution in [3.05, 3.63) is 86.8 Å². The van der Waals surface area contributed by atoms with Crippen molar-refractivity contribution in [3.63, 3.8) is 0 Å². The molecule has 2 atom stereocenters. The third kappa shape index (κ3) is 7.80. The van der Waals surface area contributed by atoms with E-state index in [9.17, 15) is 31.2 Å². The Bertz CT molecular complexity index is 1640. The lowest BCUT2D eigenvalue weighted by molar-refractivity contribution is -0.137. The van der Waals surface area contributed by atoms with E-state index in [0.717, 1.165) is 22.5 Å². The van der Waals surface area contributed by atoms with Gasteiger partial charge in [-0.25, -0.2) is 8.42 Å². The molecule has 4 rings (SSSR count). The van der Waals surface area contributed by atoms with Crippen molar-refractivity contribution in [2.45, 2.75) is 36.5 Å². The lowest BCUT2D eigenvalue weighted by Gasteiger charge is -2.31. The van der Waals surface area contributed by atoms with E-state index in [2.05, 4.69) is 26.6 Å². The van der Waals surface area contributed by atoms with Gasteiger partial charge >= 0.3 is 6.18 Å². The number of hydrogen-bond acceptors (Lipinski definition) is 6. The van der Waals surface area contributed by atoms with E-state index in [1.807, 2.05) is 0 Å². The molecule has 0 saturated carbocycles. The molecule has 3 aromatic carbocycles. The van der Waals surface area contributed by atoms with Crippen molar-refractivity contribution in [2.75, 3.05) is 24.0 Å². The first-order valence-corrected chi connectivity index (χ1v) is 15.5. The summed E-state index contributed by atoms with van der Waals surface area (Å²) in [5.41, 5.74) is 4.62. The van der Waals surface area contributed by atoms with Gasteiger partial charge in [0.2, 0.25) is 5.91 Å². The third-order valence-corrected chi connectivity index (χ3v) is 9.09. The quantitative estimate of drug-likeness (QED) is 0.287. The Morgan fingerprint density at radius 3 is 2.56 bits per heavy atom. The number of ether oxygens (including phenoxy) is 1. The molecule has 4 N–H and O–H groups in total. The summed E-state index contributed by atoms with van der Waals surface area (Å²) in [7, 11) is -4.06. The third-order valence-electron chi connectivity index (χ3n) is 6.44. The van der Waals surface area contributed by atoms with Crippen LogP contribution >= 0.6 is 27.5 Å². The SMILES string of the molecule is CC(N)CNC(=O)C[C@H](NC(=O)c1ccc2c(c1)N(S(=O)(=O)c1cccc(Br)c1)CCO2)c1cc(C(F)(F)F)ccc1Cl. The van der Waals surface area contributed by atoms with Gasteiger partial charge in [-0.1, -0.05) is 33.6 Å². The van der Waals surface area contributed by atoms with Gasteiger partial charge < -0.3 is 21.1 Å². The average Bonchev–Trinajstić information content (AvgIpc) is 2.94. The van der Waals surface area contributed by atoms with Crippen LogP contribution in [-0.4, -0.2) is 46.0 Å². The van der Waals surface area contributed by atoms with Crippen molar-refractivity contribution < 1.29 is 35.9 Å². The van der Waals surface area contributed by atoms with Crippen molar-refractivity contribution in [2.24, 2.45) is 5.73 Å². The fourth-order valence-corrected chi connectivity index (χ4v) is 6.64. The van der Waals surface area contributed by atoms with Crippen LogP contribution < -0.4 is 25.4 Å². The van der Waals surface area contributed by atoms with Crippen molar-refractivity contribution in [1.29, 1.82) is 0 Å². The Hall–Kier alpha value is -3.33. The summed E-state index contributed by atoms with van der Waals surface area (Å²) >= 11 is 9.52. The minimum absolute atomic E-state index is 0.0154. The molecule has 230 valence electrons. The summed E-state index contributed by atoms with van der Waals surface area (Å²) < 4.78 is 74.9. The van der Waals surface area contributed by atoms with Gasteiger partial charge in [0.25, 0.3) is 15.9 Å². The number of amides is 2. The van der Waals surface area contributed by atoms with E-state index >= 15 is 0 Å². The lowest BCUT2D eigenvalue weighted by Crippen LogP contribution is -2.39. The van der Waals surface area contributed by atoms with E-state index in [1.165, 1.54) is 30.3 Å². The fraction of sp³-hybridized carbons (Fsp3) is 0.286. The van der Waals surface area contributed by atoms with Crippen LogP contribution in [0.1, 0.15) is 40.9 Å². The molecular formula is C28H27BrClF3N4O5S. The number of nitrogens with zero attached hydrogens (tertiary/aromatic N) is 1. The highest BCUT2D eigenvalue weighted by Gasteiger charge is 2.34. The van der Waals surface area contributed by atoms with E-state index in [0.29, 0.717) is 4.47 Å². The molecule has 0 saturated heterocycles. The number of rotatable bonds is 9. The van der Waals surface area contributed by atoms with Gasteiger partial charge in [-0.2, -0.15) is 13.2 Å². The van der Waals surface area contributed by atoms with Gasteiger partial charge in [0.1, 0.15) is 12.4 Å². The highest BCUT2D eigenvalue weighted by Crippen LogP contribution is 2.38. The standard InChI is InChI=1S/C28H27BrClF3N4O5S/c1-16(34)15-35-26(38)14-23(21-12-18(28(31,32)33)6-7-22(21)30)36-27(39)17-5-8-25-24(11-17)37(9-10-42-25)43(40,41)20-4-2-3-19(29)13-20/h2-8,11-13,16,23H,9-10,14-15,34H2,1H3,(H,35,38)(H,36,39)/t16?,23-/m0/s1. The molecule has 9 nitrogen and oxygen atoms in total. The summed E-state index contributed by atoms with van der Waals surface area (Å²) in [6, 6.07) is 11.2. The molecule has 1 aliphatic rings. The number of halogens is 5. The fourth-order valence-electron chi connectivity index (χ4n) is 4.34. The molecule has 2 amide bonds. The number of carbonyl (C=O) groups excluding carboxylic acids is 2. The van der Waals surface area contributed by atoms with Crippen LogP contribution in [0.3, 0.4) is 0 Å². The zero-order valence-corrected chi connectivity index (χ0v) is 25.8. The lowest BCUT2D eigenvalue weighted by atomic mass is 9.99. The maximum Gasteiger partial charge on any atom is 0.416 e. The second-order valence-corrected chi connectivity index (χ2v) is 13.0. The molecule has 43 heavy (non-hydrogen) atoms. The van der Waals surface area contributed by atoms with E-state index in [-0.39, 0.29) is 58.2 Å². The Morgan fingerprint density at radius 1 is 1.14 bits per heavy atom. The van der Waals surface area contributed by atoms with Gasteiger partial charge in [0, 0.05) is 27.6 Å². The molecule has 0 aliphatic carbocycles. The molecular weight excluding hydrogens is 677 g/mol. The highest BCUT2D eigenvalue weighted by molar-refractivity contribution is 9.10. The number of nitrogens with two attached hydrogens (primary N) is 1. The Balaban J connectivity index is 1.68. The van der Waals surface area contributed by atoms with Crippen LogP contribution in [0.15, 0.2) is 70.0 Å². The minimum Gasteiger partial charge on any atom is -0.489 e. The minimum atomic E-state index is -4.70. The zero-order valence-electron chi connectivity index (χ0n) is 22.6. The number of carbonyl (C=O) groups is 2. The number of benzene rings is 3. The van der Waals surface area contributed by atoms with Gasteiger partial charge in [-0.15, -0.1) is 0 Å². The zero-order chi connectivity index (χ0) is 31.5.